The summed E-state index contributed by atoms with van der Waals surface area (Å²) in [4.78, 5) is 22.7. The summed E-state index contributed by atoms with van der Waals surface area (Å²) < 4.78 is 11.4. The van der Waals surface area contributed by atoms with Gasteiger partial charge < -0.3 is 9.26 Å². The van der Waals surface area contributed by atoms with E-state index < -0.39 is 0 Å². The largest absolute Gasteiger partial charge is 0.485 e. The first kappa shape index (κ1) is 18.1. The number of benzene rings is 1. The topological polar surface area (TPSA) is 81.4 Å². The zero-order valence-corrected chi connectivity index (χ0v) is 15.9. The monoisotopic (exact) mass is 416 g/mol. The molecule has 7 nitrogen and oxygen atoms in total. The lowest BCUT2D eigenvalue weighted by molar-refractivity contribution is 0.0987. The van der Waals surface area contributed by atoms with Crippen molar-refractivity contribution in [1.82, 2.24) is 15.1 Å². The Morgan fingerprint density at radius 2 is 2.00 bits per heavy atom. The molecule has 0 spiro atoms. The van der Waals surface area contributed by atoms with Crippen LogP contribution < -0.4 is 9.64 Å². The van der Waals surface area contributed by atoms with E-state index in [0.717, 1.165) is 4.47 Å². The van der Waals surface area contributed by atoms with Gasteiger partial charge in [-0.2, -0.15) is 4.98 Å². The van der Waals surface area contributed by atoms with Crippen LogP contribution in [0.25, 0.3) is 0 Å². The van der Waals surface area contributed by atoms with Crippen LogP contribution in [0.1, 0.15) is 29.0 Å². The summed E-state index contributed by atoms with van der Waals surface area (Å²) in [6, 6.07) is 10.6. The van der Waals surface area contributed by atoms with Crippen molar-refractivity contribution in [1.29, 1.82) is 0 Å². The molecule has 0 radical (unpaired) electrons. The van der Waals surface area contributed by atoms with Crippen LogP contribution in [0.4, 0.5) is 5.82 Å². The predicted octanol–water partition coefficient (Wildman–Crippen LogP) is 3.78. The average molecular weight is 417 g/mol. The van der Waals surface area contributed by atoms with Crippen molar-refractivity contribution in [2.45, 2.75) is 20.5 Å². The molecule has 2 aromatic heterocycles. The number of hydrogen-bond donors (Lipinski definition) is 0. The van der Waals surface area contributed by atoms with Crippen molar-refractivity contribution in [3.05, 3.63) is 64.3 Å². The van der Waals surface area contributed by atoms with E-state index in [9.17, 15) is 4.79 Å². The van der Waals surface area contributed by atoms with Gasteiger partial charge in [0.25, 0.3) is 5.91 Å². The molecule has 0 saturated heterocycles. The summed E-state index contributed by atoms with van der Waals surface area (Å²) in [5, 5.41) is 3.77. The van der Waals surface area contributed by atoms with Gasteiger partial charge in [-0.3, -0.25) is 9.69 Å². The number of carbonyl (C=O) groups is 1. The molecule has 2 heterocycles. The summed E-state index contributed by atoms with van der Waals surface area (Å²) in [6.45, 7) is 4.35. The third-order valence-corrected chi connectivity index (χ3v) is 4.06. The number of amides is 1. The Hall–Kier alpha value is -2.74. The molecule has 0 aliphatic rings. The van der Waals surface area contributed by atoms with Crippen LogP contribution in [0.15, 0.2) is 51.6 Å². The fourth-order valence-corrected chi connectivity index (χ4v) is 2.57. The number of pyridine rings is 1. The Balaban J connectivity index is 1.68. The highest BCUT2D eigenvalue weighted by atomic mass is 79.9. The van der Waals surface area contributed by atoms with Crippen LogP contribution in [-0.2, 0) is 6.61 Å². The molecule has 0 bridgehead atoms. The first-order valence-corrected chi connectivity index (χ1v) is 8.81. The van der Waals surface area contributed by atoms with Gasteiger partial charge in [-0.1, -0.05) is 5.16 Å². The fraction of sp³-hybridized carbons (Fsp3) is 0.222. The number of halogens is 1. The minimum Gasteiger partial charge on any atom is -0.485 e. The maximum atomic E-state index is 12.8. The van der Waals surface area contributed by atoms with Gasteiger partial charge in [-0.25, -0.2) is 4.98 Å². The molecule has 0 saturated carbocycles. The first-order valence-electron chi connectivity index (χ1n) is 8.02. The van der Waals surface area contributed by atoms with E-state index in [4.69, 9.17) is 9.26 Å². The SMILES string of the molecule is CCN(C(=O)c1ccc(OCc2noc(C)n2)cc1)c1ccc(Br)cn1. The third kappa shape index (κ3) is 4.26. The number of anilines is 1. The van der Waals surface area contributed by atoms with Gasteiger partial charge >= 0.3 is 0 Å². The van der Waals surface area contributed by atoms with Gasteiger partial charge in [0, 0.05) is 29.7 Å². The lowest BCUT2D eigenvalue weighted by Gasteiger charge is -2.20. The van der Waals surface area contributed by atoms with Crippen molar-refractivity contribution in [2.24, 2.45) is 0 Å². The number of aryl methyl sites for hydroxylation is 1. The molecule has 3 rings (SSSR count). The van der Waals surface area contributed by atoms with Crippen LogP contribution in [0.3, 0.4) is 0 Å². The molecule has 0 aliphatic carbocycles. The van der Waals surface area contributed by atoms with E-state index in [-0.39, 0.29) is 12.5 Å². The molecule has 1 aromatic carbocycles. The Morgan fingerprint density at radius 3 is 2.58 bits per heavy atom. The van der Waals surface area contributed by atoms with E-state index >= 15 is 0 Å². The van der Waals surface area contributed by atoms with Crippen LogP contribution >= 0.6 is 15.9 Å². The standard InChI is InChI=1S/C18H17BrN4O3/c1-3-23(17-9-6-14(19)10-20-17)18(24)13-4-7-15(8-5-13)25-11-16-21-12(2)26-22-16/h4-10H,3,11H2,1-2H3. The van der Waals surface area contributed by atoms with Crippen molar-refractivity contribution in [3.63, 3.8) is 0 Å². The summed E-state index contributed by atoms with van der Waals surface area (Å²) in [6.07, 6.45) is 1.67. The maximum absolute atomic E-state index is 12.8. The quantitative estimate of drug-likeness (QED) is 0.607. The number of ether oxygens (including phenoxy) is 1. The van der Waals surface area contributed by atoms with Crippen molar-refractivity contribution >= 4 is 27.7 Å². The lowest BCUT2D eigenvalue weighted by atomic mass is 10.2. The second-order valence-corrected chi connectivity index (χ2v) is 6.34. The Labute approximate surface area is 159 Å². The highest BCUT2D eigenvalue weighted by molar-refractivity contribution is 9.10. The average Bonchev–Trinajstić information content (AvgIpc) is 3.08. The number of hydrogen-bond acceptors (Lipinski definition) is 6. The summed E-state index contributed by atoms with van der Waals surface area (Å²) in [7, 11) is 0. The van der Waals surface area contributed by atoms with Crippen molar-refractivity contribution in [3.8, 4) is 5.75 Å². The lowest BCUT2D eigenvalue weighted by Crippen LogP contribution is -2.31. The Kier molecular flexibility index (Phi) is 5.62. The molecular formula is C18H17BrN4O3. The van der Waals surface area contributed by atoms with E-state index in [1.54, 1.807) is 48.4 Å². The van der Waals surface area contributed by atoms with Gasteiger partial charge in [-0.15, -0.1) is 0 Å². The van der Waals surface area contributed by atoms with E-state index in [2.05, 4.69) is 31.1 Å². The first-order chi connectivity index (χ1) is 12.6. The molecule has 0 N–H and O–H groups in total. The second kappa shape index (κ2) is 8.09. The number of carbonyl (C=O) groups excluding carboxylic acids is 1. The third-order valence-electron chi connectivity index (χ3n) is 3.59. The van der Waals surface area contributed by atoms with E-state index in [1.165, 1.54) is 0 Å². The Morgan fingerprint density at radius 1 is 1.23 bits per heavy atom. The van der Waals surface area contributed by atoms with E-state index in [1.807, 2.05) is 13.0 Å². The predicted molar refractivity (Wildman–Crippen MR) is 99.1 cm³/mol. The number of rotatable bonds is 6. The minimum absolute atomic E-state index is 0.123. The van der Waals surface area contributed by atoms with Crippen LogP contribution in [-0.4, -0.2) is 27.6 Å². The van der Waals surface area contributed by atoms with Gasteiger partial charge in [0.1, 0.15) is 11.6 Å². The molecule has 134 valence electrons. The zero-order valence-electron chi connectivity index (χ0n) is 14.3. The second-order valence-electron chi connectivity index (χ2n) is 5.43. The van der Waals surface area contributed by atoms with Crippen LogP contribution in [0.5, 0.6) is 5.75 Å². The fourth-order valence-electron chi connectivity index (χ4n) is 2.33. The smallest absolute Gasteiger partial charge is 0.259 e. The summed E-state index contributed by atoms with van der Waals surface area (Å²) in [5.74, 6) is 2.07. The van der Waals surface area contributed by atoms with E-state index in [0.29, 0.717) is 35.4 Å². The highest BCUT2D eigenvalue weighted by Gasteiger charge is 2.17. The zero-order chi connectivity index (χ0) is 18.5. The molecule has 3 aromatic rings. The van der Waals surface area contributed by atoms with Crippen LogP contribution in [0.2, 0.25) is 0 Å². The number of nitrogens with zero attached hydrogens (tertiary/aromatic N) is 4. The molecule has 0 aliphatic heterocycles. The van der Waals surface area contributed by atoms with Crippen molar-refractivity contribution in [2.75, 3.05) is 11.4 Å². The molecular weight excluding hydrogens is 400 g/mol. The molecule has 0 unspecified atom stereocenters. The normalized spacial score (nSPS) is 10.6. The van der Waals surface area contributed by atoms with Gasteiger partial charge in [0.15, 0.2) is 6.61 Å². The van der Waals surface area contributed by atoms with Crippen LogP contribution in [0, 0.1) is 6.92 Å². The van der Waals surface area contributed by atoms with Crippen molar-refractivity contribution < 1.29 is 14.1 Å². The van der Waals surface area contributed by atoms with Gasteiger partial charge in [0.05, 0.1) is 0 Å². The minimum atomic E-state index is -0.123. The van der Waals surface area contributed by atoms with Gasteiger partial charge in [0.2, 0.25) is 11.7 Å². The maximum Gasteiger partial charge on any atom is 0.259 e. The molecule has 26 heavy (non-hydrogen) atoms. The summed E-state index contributed by atoms with van der Waals surface area (Å²) in [5.41, 5.74) is 0.555. The molecule has 0 fully saturated rings. The van der Waals surface area contributed by atoms with Gasteiger partial charge in [-0.05, 0) is 59.3 Å². The summed E-state index contributed by atoms with van der Waals surface area (Å²) >= 11 is 3.34. The Bertz CT molecular complexity index is 878. The number of aromatic nitrogens is 3. The molecule has 8 heteroatoms. The molecule has 0 atom stereocenters. The molecule has 1 amide bonds. The highest BCUT2D eigenvalue weighted by Crippen LogP contribution is 2.19.